The third-order valence-corrected chi connectivity index (χ3v) is 7.15. The maximum Gasteiger partial charge on any atom is 0.225 e. The molecule has 0 amide bonds. The van der Waals surface area contributed by atoms with Crippen LogP contribution in [0.3, 0.4) is 0 Å². The Hall–Kier alpha value is -1.47. The summed E-state index contributed by atoms with van der Waals surface area (Å²) in [5.41, 5.74) is 8.40. The Labute approximate surface area is 169 Å². The second-order valence-electron chi connectivity index (χ2n) is 6.35. The summed E-state index contributed by atoms with van der Waals surface area (Å²) >= 11 is 11.6. The Morgan fingerprint density at radius 1 is 1.19 bits per heavy atom. The Bertz CT molecular complexity index is 957. The van der Waals surface area contributed by atoms with Crippen molar-refractivity contribution in [2.24, 2.45) is 5.73 Å². The maximum atomic E-state index is 6.36. The van der Waals surface area contributed by atoms with Gasteiger partial charge >= 0.3 is 0 Å². The topological polar surface area (TPSA) is 63.8 Å². The van der Waals surface area contributed by atoms with Crippen molar-refractivity contribution in [1.29, 1.82) is 0 Å². The van der Waals surface area contributed by atoms with Gasteiger partial charge in [0.15, 0.2) is 0 Å². The van der Waals surface area contributed by atoms with Crippen LogP contribution in [0.4, 0.5) is 5.82 Å². The van der Waals surface area contributed by atoms with Gasteiger partial charge in [0, 0.05) is 23.4 Å². The summed E-state index contributed by atoms with van der Waals surface area (Å²) in [6, 6.07) is 10.3. The van der Waals surface area contributed by atoms with Crippen molar-refractivity contribution < 1.29 is 0 Å². The second kappa shape index (κ2) is 7.64. The van der Waals surface area contributed by atoms with Gasteiger partial charge in [-0.1, -0.05) is 42.5 Å². The van der Waals surface area contributed by atoms with Gasteiger partial charge in [-0.05, 0) is 45.9 Å². The van der Waals surface area contributed by atoms with E-state index in [9.17, 15) is 0 Å². The van der Waals surface area contributed by atoms with Gasteiger partial charge in [-0.15, -0.1) is 11.3 Å². The van der Waals surface area contributed by atoms with Gasteiger partial charge in [-0.3, -0.25) is 0 Å². The molecule has 1 aromatic carbocycles. The van der Waals surface area contributed by atoms with E-state index in [4.69, 9.17) is 17.3 Å². The van der Waals surface area contributed by atoms with Gasteiger partial charge in [-0.25, -0.2) is 4.98 Å². The second-order valence-corrected chi connectivity index (χ2v) is 8.53. The molecule has 3 N–H and O–H groups in total. The molecule has 0 unspecified atom stereocenters. The molecule has 134 valence electrons. The predicted octanol–water partition coefficient (Wildman–Crippen LogP) is 5.48. The first kappa shape index (κ1) is 17.9. The number of halogens is 2. The summed E-state index contributed by atoms with van der Waals surface area (Å²) in [5.74, 6) is 1.05. The number of anilines is 1. The highest BCUT2D eigenvalue weighted by molar-refractivity contribution is 9.10. The Kier molecular flexibility index (Phi) is 5.27. The number of nitrogens with one attached hydrogen (secondary N) is 1. The quantitative estimate of drug-likeness (QED) is 0.409. The number of fused-ring (bicyclic) bond motifs is 1. The van der Waals surface area contributed by atoms with Crippen molar-refractivity contribution in [2.75, 3.05) is 5.32 Å². The third kappa shape index (κ3) is 3.51. The van der Waals surface area contributed by atoms with Crippen LogP contribution in [0.5, 0.6) is 0 Å². The van der Waals surface area contributed by atoms with E-state index < -0.39 is 0 Å². The molecular weight excluding hydrogens is 432 g/mol. The molecule has 2 heterocycles. The van der Waals surface area contributed by atoms with Gasteiger partial charge < -0.3 is 11.1 Å². The highest BCUT2D eigenvalue weighted by Gasteiger charge is 2.27. The molecule has 0 bridgehead atoms. The maximum absolute atomic E-state index is 6.36. The monoisotopic (exact) mass is 448 g/mol. The van der Waals surface area contributed by atoms with E-state index in [2.05, 4.69) is 55.5 Å². The molecule has 1 aliphatic carbocycles. The first-order chi connectivity index (χ1) is 12.6. The van der Waals surface area contributed by atoms with Crippen molar-refractivity contribution in [3.8, 4) is 0 Å². The number of aromatic nitrogens is 2. The van der Waals surface area contributed by atoms with Crippen molar-refractivity contribution >= 4 is 54.9 Å². The van der Waals surface area contributed by atoms with Crippen LogP contribution >= 0.6 is 38.9 Å². The van der Waals surface area contributed by atoms with Crippen LogP contribution in [0, 0.1) is 0 Å². The molecule has 4 rings (SSSR count). The van der Waals surface area contributed by atoms with E-state index in [0.29, 0.717) is 6.54 Å². The van der Waals surface area contributed by atoms with E-state index in [1.807, 2.05) is 18.2 Å². The molecular formula is C19H18BrClN4S. The highest BCUT2D eigenvalue weighted by Crippen LogP contribution is 2.45. The number of nitrogens with zero attached hydrogens (tertiary/aromatic N) is 2. The van der Waals surface area contributed by atoms with Crippen LogP contribution in [0.2, 0.25) is 5.28 Å². The van der Waals surface area contributed by atoms with Crippen LogP contribution in [0.25, 0.3) is 10.2 Å². The van der Waals surface area contributed by atoms with Crippen LogP contribution in [-0.2, 0) is 6.54 Å². The first-order valence-corrected chi connectivity index (χ1v) is 10.5. The van der Waals surface area contributed by atoms with Crippen molar-refractivity contribution in [3.63, 3.8) is 0 Å². The minimum Gasteiger partial charge on any atom is -0.365 e. The van der Waals surface area contributed by atoms with Crippen molar-refractivity contribution in [1.82, 2.24) is 9.97 Å². The smallest absolute Gasteiger partial charge is 0.225 e. The van der Waals surface area contributed by atoms with E-state index >= 15 is 0 Å². The fourth-order valence-electron chi connectivity index (χ4n) is 3.22. The molecule has 0 aliphatic heterocycles. The van der Waals surface area contributed by atoms with Gasteiger partial charge in [0.05, 0.1) is 9.17 Å². The predicted molar refractivity (Wildman–Crippen MR) is 113 cm³/mol. The Balaban J connectivity index is 1.72. The van der Waals surface area contributed by atoms with E-state index in [-0.39, 0.29) is 17.2 Å². The third-order valence-electron chi connectivity index (χ3n) is 4.60. The normalized spacial score (nSPS) is 19.8. The van der Waals surface area contributed by atoms with Crippen molar-refractivity contribution in [3.05, 3.63) is 62.7 Å². The Morgan fingerprint density at radius 3 is 2.73 bits per heavy atom. The zero-order chi connectivity index (χ0) is 18.1. The number of rotatable bonds is 4. The summed E-state index contributed by atoms with van der Waals surface area (Å²) in [6.45, 7) is 0.680. The van der Waals surface area contributed by atoms with Gasteiger partial charge in [-0.2, -0.15) is 4.98 Å². The first-order valence-electron chi connectivity index (χ1n) is 8.47. The fourth-order valence-corrected chi connectivity index (χ4v) is 5.63. The fraction of sp³-hybridized carbons (Fsp3) is 0.263. The summed E-state index contributed by atoms with van der Waals surface area (Å²) < 4.78 is 1.99. The highest BCUT2D eigenvalue weighted by atomic mass is 79.9. The number of benzene rings is 1. The molecule has 2 atom stereocenters. The molecule has 7 heteroatoms. The molecule has 2 aromatic heterocycles. The van der Waals surface area contributed by atoms with Gasteiger partial charge in [0.1, 0.15) is 11.3 Å². The lowest BCUT2D eigenvalue weighted by atomic mass is 9.88. The van der Waals surface area contributed by atoms with Gasteiger partial charge in [0.25, 0.3) is 0 Å². The molecule has 3 aromatic rings. The Morgan fingerprint density at radius 2 is 1.96 bits per heavy atom. The lowest BCUT2D eigenvalue weighted by Crippen LogP contribution is -2.29. The van der Waals surface area contributed by atoms with Gasteiger partial charge in [0.2, 0.25) is 5.28 Å². The molecule has 1 aliphatic rings. The van der Waals surface area contributed by atoms with Crippen LogP contribution in [0.15, 0.2) is 47.0 Å². The average Bonchev–Trinajstić information content (AvgIpc) is 2.98. The summed E-state index contributed by atoms with van der Waals surface area (Å²) in [5, 5.41) is 3.65. The molecule has 26 heavy (non-hydrogen) atoms. The molecule has 0 radical (unpaired) electrons. The lowest BCUT2D eigenvalue weighted by Gasteiger charge is -2.24. The average molecular weight is 450 g/mol. The standard InChI is InChI=1S/C19H18BrClN4S/c20-14-15-17(26-16(14)12-8-4-5-9-13(12)22)18(25-19(21)24-15)23-10-11-6-2-1-3-7-11/h1-7,12-13H,8-10,22H2,(H,23,24,25)/t12-,13-/m0/s1. The summed E-state index contributed by atoms with van der Waals surface area (Å²) in [6.07, 6.45) is 6.21. The van der Waals surface area contributed by atoms with Crippen molar-refractivity contribution in [2.45, 2.75) is 31.3 Å². The summed E-state index contributed by atoms with van der Waals surface area (Å²) in [4.78, 5) is 10.1. The number of hydrogen-bond acceptors (Lipinski definition) is 5. The summed E-state index contributed by atoms with van der Waals surface area (Å²) in [7, 11) is 0. The van der Waals surface area contributed by atoms with E-state index in [1.54, 1.807) is 11.3 Å². The minimum atomic E-state index is 0.119. The molecule has 0 spiro atoms. The molecule has 0 saturated heterocycles. The molecule has 4 nitrogen and oxygen atoms in total. The SMILES string of the molecule is N[C@H]1CC=CC[C@@H]1c1sc2c(NCc3ccccc3)nc(Cl)nc2c1Br. The number of nitrogens with two attached hydrogens (primary N) is 1. The van der Waals surface area contributed by atoms with Crippen LogP contribution in [-0.4, -0.2) is 16.0 Å². The zero-order valence-corrected chi connectivity index (χ0v) is 17.1. The van der Waals surface area contributed by atoms with E-state index in [1.165, 1.54) is 10.4 Å². The number of thiophene rings is 1. The largest absolute Gasteiger partial charge is 0.365 e. The minimum absolute atomic E-state index is 0.119. The van der Waals surface area contributed by atoms with E-state index in [0.717, 1.165) is 33.3 Å². The molecule has 0 fully saturated rings. The lowest BCUT2D eigenvalue weighted by molar-refractivity contribution is 0.527. The number of hydrogen-bond donors (Lipinski definition) is 2. The van der Waals surface area contributed by atoms with Crippen LogP contribution in [0.1, 0.15) is 29.2 Å². The van der Waals surface area contributed by atoms with Crippen LogP contribution < -0.4 is 11.1 Å². The number of allylic oxidation sites excluding steroid dienone is 1. The molecule has 0 saturated carbocycles. The zero-order valence-electron chi connectivity index (χ0n) is 14.0.